The molecule has 0 saturated carbocycles. The fourth-order valence-corrected chi connectivity index (χ4v) is 9.68. The smallest absolute Gasteiger partial charge is 0.306 e. The molecule has 0 aromatic rings. The molecule has 1 atom stereocenters. The Morgan fingerprint density at radius 1 is 0.263 bits per heavy atom. The number of ether oxygens (including phenoxy) is 3. The SMILES string of the molecule is CC/C=C\C/C=C\C/C=C\C/C=C\CCCCCCCCCCCCC(=O)OC(COC(=O)CCCCCCC/C=C\CCC)COC(=O)CCCCCCCCCCCCCCCC/C=C\C/C=C\C/C=C\CCCCCCC. The predicted octanol–water partition coefficient (Wildman–Crippen LogP) is 23.6. The lowest BCUT2D eigenvalue weighted by molar-refractivity contribution is -0.167. The summed E-state index contributed by atoms with van der Waals surface area (Å²) in [6, 6.07) is 0. The van der Waals surface area contributed by atoms with E-state index in [0.29, 0.717) is 19.3 Å². The molecule has 0 radical (unpaired) electrons. The highest BCUT2D eigenvalue weighted by atomic mass is 16.6. The van der Waals surface area contributed by atoms with Gasteiger partial charge in [-0.2, -0.15) is 0 Å². The van der Waals surface area contributed by atoms with Crippen LogP contribution in [-0.4, -0.2) is 37.2 Å². The Balaban J connectivity index is 4.19. The summed E-state index contributed by atoms with van der Waals surface area (Å²) in [4.78, 5) is 38.3. The number of hydrogen-bond donors (Lipinski definition) is 0. The number of carbonyl (C=O) groups is 3. The minimum Gasteiger partial charge on any atom is -0.462 e. The van der Waals surface area contributed by atoms with Gasteiger partial charge in [0.1, 0.15) is 13.2 Å². The lowest BCUT2D eigenvalue weighted by Crippen LogP contribution is -2.30. The van der Waals surface area contributed by atoms with E-state index in [2.05, 4.69) is 118 Å². The normalized spacial score (nSPS) is 12.7. The molecule has 0 rings (SSSR count). The summed E-state index contributed by atoms with van der Waals surface area (Å²) < 4.78 is 16.9. The molecule has 0 bridgehead atoms. The minimum atomic E-state index is -0.784. The number of esters is 3. The topological polar surface area (TPSA) is 78.9 Å². The van der Waals surface area contributed by atoms with E-state index in [4.69, 9.17) is 14.2 Å². The quantitative estimate of drug-likeness (QED) is 0.0261. The monoisotopic (exact) mass is 1110 g/mol. The fraction of sp³-hybridized carbons (Fsp3) is 0.743. The van der Waals surface area contributed by atoms with Crippen LogP contribution in [0.4, 0.5) is 0 Å². The molecule has 0 N–H and O–H groups in total. The standard InChI is InChI=1S/C74H128O6/c1-4-7-10-13-16-19-22-24-26-28-30-32-34-35-36-37-38-39-41-42-44-46-48-50-52-55-58-61-64-67-73(76)79-70-71(69-78-72(75)66-63-60-57-54-21-18-15-12-9-6-3)80-74(77)68-65-62-59-56-53-51-49-47-45-43-40-33-31-29-27-25-23-20-17-14-11-8-5-2/h8,11-12,15,17,20,22,24-25,27-28,30-31,33-35,71H,4-7,9-10,13-14,16,18-19,21,23,26,29,32,36-70H2,1-3H3/b11-8-,15-12-,20-17-,24-22-,27-25-,30-28-,33-31-,35-34-. The van der Waals surface area contributed by atoms with Crippen LogP contribution in [-0.2, 0) is 28.6 Å². The average Bonchev–Trinajstić information content (AvgIpc) is 3.46. The first-order valence-corrected chi connectivity index (χ1v) is 34.2. The molecule has 0 aromatic carbocycles. The number of allylic oxidation sites excluding steroid dienone is 16. The van der Waals surface area contributed by atoms with Crippen molar-refractivity contribution >= 4 is 17.9 Å². The van der Waals surface area contributed by atoms with E-state index >= 15 is 0 Å². The minimum absolute atomic E-state index is 0.0805. The van der Waals surface area contributed by atoms with Gasteiger partial charge in [-0.05, 0) is 116 Å². The summed E-state index contributed by atoms with van der Waals surface area (Å²) in [5.41, 5.74) is 0. The van der Waals surface area contributed by atoms with Crippen molar-refractivity contribution in [2.45, 2.75) is 341 Å². The van der Waals surface area contributed by atoms with Crippen LogP contribution in [0.1, 0.15) is 335 Å². The Labute approximate surface area is 496 Å². The summed E-state index contributed by atoms with van der Waals surface area (Å²) in [6.07, 6.45) is 91.5. The van der Waals surface area contributed by atoms with Crippen molar-refractivity contribution in [2.24, 2.45) is 0 Å². The lowest BCUT2D eigenvalue weighted by Gasteiger charge is -2.18. The summed E-state index contributed by atoms with van der Waals surface area (Å²) >= 11 is 0. The van der Waals surface area contributed by atoms with Gasteiger partial charge in [-0.3, -0.25) is 14.4 Å². The maximum Gasteiger partial charge on any atom is 0.306 e. The van der Waals surface area contributed by atoms with E-state index in [1.54, 1.807) is 0 Å². The first-order valence-electron chi connectivity index (χ1n) is 34.2. The Morgan fingerprint density at radius 2 is 0.512 bits per heavy atom. The van der Waals surface area contributed by atoms with E-state index in [9.17, 15) is 14.4 Å². The molecule has 460 valence electrons. The third-order valence-electron chi connectivity index (χ3n) is 14.8. The van der Waals surface area contributed by atoms with Gasteiger partial charge in [-0.25, -0.2) is 0 Å². The highest BCUT2D eigenvalue weighted by Crippen LogP contribution is 2.17. The summed E-state index contributed by atoms with van der Waals surface area (Å²) in [7, 11) is 0. The van der Waals surface area contributed by atoms with Crippen LogP contribution in [0.25, 0.3) is 0 Å². The van der Waals surface area contributed by atoms with Crippen molar-refractivity contribution in [1.82, 2.24) is 0 Å². The van der Waals surface area contributed by atoms with E-state index in [1.165, 1.54) is 186 Å². The molecule has 0 spiro atoms. The van der Waals surface area contributed by atoms with Gasteiger partial charge in [0, 0.05) is 19.3 Å². The van der Waals surface area contributed by atoms with Gasteiger partial charge in [-0.15, -0.1) is 0 Å². The molecule has 0 saturated heterocycles. The van der Waals surface area contributed by atoms with Crippen molar-refractivity contribution in [3.8, 4) is 0 Å². The molecule has 0 aliphatic heterocycles. The molecule has 0 heterocycles. The number of carbonyl (C=O) groups excluding carboxylic acids is 3. The van der Waals surface area contributed by atoms with E-state index in [1.807, 2.05) is 0 Å². The van der Waals surface area contributed by atoms with Gasteiger partial charge in [0.2, 0.25) is 0 Å². The summed E-state index contributed by atoms with van der Waals surface area (Å²) in [6.45, 7) is 6.47. The van der Waals surface area contributed by atoms with Gasteiger partial charge in [0.15, 0.2) is 6.10 Å². The van der Waals surface area contributed by atoms with Crippen molar-refractivity contribution in [3.05, 3.63) is 97.2 Å². The van der Waals surface area contributed by atoms with Gasteiger partial charge in [-0.1, -0.05) is 298 Å². The number of hydrogen-bond acceptors (Lipinski definition) is 6. The van der Waals surface area contributed by atoms with Crippen LogP contribution in [0.15, 0.2) is 97.2 Å². The number of rotatable bonds is 62. The first kappa shape index (κ1) is 76.3. The maximum atomic E-state index is 12.9. The maximum absolute atomic E-state index is 12.9. The molecule has 0 aromatic heterocycles. The van der Waals surface area contributed by atoms with Crippen molar-refractivity contribution in [3.63, 3.8) is 0 Å². The zero-order valence-corrected chi connectivity index (χ0v) is 52.8. The molecule has 6 nitrogen and oxygen atoms in total. The van der Waals surface area contributed by atoms with E-state index < -0.39 is 6.10 Å². The molecule has 1 unspecified atom stereocenters. The molecule has 0 aliphatic carbocycles. The molecular formula is C74H128O6. The van der Waals surface area contributed by atoms with Gasteiger partial charge in [0.05, 0.1) is 0 Å². The molecule has 80 heavy (non-hydrogen) atoms. The largest absolute Gasteiger partial charge is 0.462 e. The second-order valence-electron chi connectivity index (χ2n) is 22.7. The van der Waals surface area contributed by atoms with Crippen molar-refractivity contribution in [2.75, 3.05) is 13.2 Å². The molecular weight excluding hydrogens is 985 g/mol. The van der Waals surface area contributed by atoms with E-state index in [-0.39, 0.29) is 31.1 Å². The third-order valence-corrected chi connectivity index (χ3v) is 14.8. The average molecular weight is 1110 g/mol. The fourth-order valence-electron chi connectivity index (χ4n) is 9.68. The highest BCUT2D eigenvalue weighted by molar-refractivity contribution is 5.71. The highest BCUT2D eigenvalue weighted by Gasteiger charge is 2.19. The molecule has 0 amide bonds. The van der Waals surface area contributed by atoms with Crippen LogP contribution in [0.5, 0.6) is 0 Å². The van der Waals surface area contributed by atoms with Crippen molar-refractivity contribution < 1.29 is 28.6 Å². The predicted molar refractivity (Wildman–Crippen MR) is 348 cm³/mol. The van der Waals surface area contributed by atoms with Crippen molar-refractivity contribution in [1.29, 1.82) is 0 Å². The lowest BCUT2D eigenvalue weighted by atomic mass is 10.0. The summed E-state index contributed by atoms with van der Waals surface area (Å²) in [5, 5.41) is 0. The summed E-state index contributed by atoms with van der Waals surface area (Å²) in [5.74, 6) is -0.885. The van der Waals surface area contributed by atoms with Gasteiger partial charge in [0.25, 0.3) is 0 Å². The Morgan fingerprint density at radius 3 is 0.825 bits per heavy atom. The second-order valence-corrected chi connectivity index (χ2v) is 22.7. The zero-order chi connectivity index (χ0) is 57.8. The molecule has 0 aliphatic rings. The van der Waals surface area contributed by atoms with Crippen LogP contribution in [0.2, 0.25) is 0 Å². The Bertz CT molecular complexity index is 1560. The molecule has 0 fully saturated rings. The first-order chi connectivity index (χ1) is 39.5. The molecule has 6 heteroatoms. The Kier molecular flexibility index (Phi) is 64.7. The van der Waals surface area contributed by atoms with Gasteiger partial charge >= 0.3 is 17.9 Å². The zero-order valence-electron chi connectivity index (χ0n) is 52.8. The van der Waals surface area contributed by atoms with Crippen LogP contribution < -0.4 is 0 Å². The second kappa shape index (κ2) is 67.8. The van der Waals surface area contributed by atoms with Crippen LogP contribution >= 0.6 is 0 Å². The van der Waals surface area contributed by atoms with E-state index in [0.717, 1.165) is 109 Å². The Hall–Kier alpha value is -3.67. The van der Waals surface area contributed by atoms with Gasteiger partial charge < -0.3 is 14.2 Å². The van der Waals surface area contributed by atoms with Crippen LogP contribution in [0.3, 0.4) is 0 Å². The third kappa shape index (κ3) is 65.1. The van der Waals surface area contributed by atoms with Crippen LogP contribution in [0, 0.1) is 0 Å². The number of unbranched alkanes of at least 4 members (excludes halogenated alkanes) is 35.